The molecule has 0 saturated carbocycles. The number of rotatable bonds is 6. The van der Waals surface area contributed by atoms with E-state index in [9.17, 15) is 8.42 Å². The van der Waals surface area contributed by atoms with Gasteiger partial charge in [0.25, 0.3) is 0 Å². The molecule has 7 heteroatoms. The molecule has 2 rings (SSSR count). The molecule has 1 saturated heterocycles. The van der Waals surface area contributed by atoms with Gasteiger partial charge in [-0.1, -0.05) is 6.92 Å². The van der Waals surface area contributed by atoms with E-state index >= 15 is 0 Å². The highest BCUT2D eigenvalue weighted by Crippen LogP contribution is 2.31. The molecule has 0 aliphatic carbocycles. The van der Waals surface area contributed by atoms with Crippen LogP contribution in [0.25, 0.3) is 0 Å². The summed E-state index contributed by atoms with van der Waals surface area (Å²) >= 11 is 7.28. The molecule has 4 nitrogen and oxygen atoms in total. The van der Waals surface area contributed by atoms with Crippen molar-refractivity contribution in [3.63, 3.8) is 0 Å². The number of halogens is 1. The molecule has 2 heterocycles. The Balaban J connectivity index is 2.28. The van der Waals surface area contributed by atoms with Crippen molar-refractivity contribution < 1.29 is 13.2 Å². The van der Waals surface area contributed by atoms with E-state index in [-0.39, 0.29) is 12.0 Å². The molecule has 20 heavy (non-hydrogen) atoms. The molecule has 114 valence electrons. The van der Waals surface area contributed by atoms with Crippen LogP contribution in [0.5, 0.6) is 0 Å². The minimum Gasteiger partial charge on any atom is -0.377 e. The van der Waals surface area contributed by atoms with Crippen molar-refractivity contribution in [2.24, 2.45) is 0 Å². The summed E-state index contributed by atoms with van der Waals surface area (Å²) in [6.07, 6.45) is 1.95. The Morgan fingerprint density at radius 3 is 2.85 bits per heavy atom. The maximum atomic E-state index is 12.8. The van der Waals surface area contributed by atoms with Gasteiger partial charge >= 0.3 is 0 Å². The Bertz CT molecular complexity index is 550. The van der Waals surface area contributed by atoms with Gasteiger partial charge < -0.3 is 4.74 Å². The van der Waals surface area contributed by atoms with Gasteiger partial charge in [-0.15, -0.1) is 22.9 Å². The number of aryl methyl sites for hydroxylation is 1. The Hall–Kier alpha value is -0.140. The lowest BCUT2D eigenvalue weighted by atomic mass is 10.2. The summed E-state index contributed by atoms with van der Waals surface area (Å²) in [5.74, 6) is 0.227. The van der Waals surface area contributed by atoms with Gasteiger partial charge in [-0.3, -0.25) is 0 Å². The summed E-state index contributed by atoms with van der Waals surface area (Å²) in [4.78, 5) is 1.10. The number of sulfonamides is 1. The van der Waals surface area contributed by atoms with Gasteiger partial charge in [-0.05, 0) is 30.7 Å². The smallest absolute Gasteiger partial charge is 0.244 e. The zero-order valence-electron chi connectivity index (χ0n) is 11.8. The molecule has 0 amide bonds. The molecule has 0 bridgehead atoms. The lowest BCUT2D eigenvalue weighted by Crippen LogP contribution is -2.37. The fourth-order valence-corrected chi connectivity index (χ4v) is 5.96. The summed E-state index contributed by atoms with van der Waals surface area (Å²) in [5, 5.41) is 1.85. The van der Waals surface area contributed by atoms with Crippen LogP contribution in [0.2, 0.25) is 0 Å². The van der Waals surface area contributed by atoms with E-state index in [1.54, 1.807) is 0 Å². The molecule has 1 aromatic rings. The van der Waals surface area contributed by atoms with Crippen molar-refractivity contribution in [1.29, 1.82) is 0 Å². The van der Waals surface area contributed by atoms with E-state index in [1.807, 2.05) is 19.2 Å². The van der Waals surface area contributed by atoms with Crippen molar-refractivity contribution in [3.05, 3.63) is 15.8 Å². The predicted octanol–water partition coefficient (Wildman–Crippen LogP) is 2.98. The normalized spacial score (nSPS) is 19.9. The van der Waals surface area contributed by atoms with Crippen LogP contribution in [0.4, 0.5) is 0 Å². The standard InChI is InChI=1S/C13H20ClNO3S2/c1-3-15(8-11-5-4-6-18-11)20(16,17)13-10(2)9-19-12(13)7-14/h9,11H,3-8H2,1-2H3. The van der Waals surface area contributed by atoms with Gasteiger partial charge in [0.15, 0.2) is 0 Å². The van der Waals surface area contributed by atoms with Crippen LogP contribution in [0.1, 0.15) is 30.2 Å². The number of nitrogens with zero attached hydrogens (tertiary/aromatic N) is 1. The molecule has 0 radical (unpaired) electrons. The molecule has 0 spiro atoms. The number of likely N-dealkylation sites (N-methyl/N-ethyl adjacent to an activating group) is 1. The highest BCUT2D eigenvalue weighted by atomic mass is 35.5. The van der Waals surface area contributed by atoms with Crippen LogP contribution >= 0.6 is 22.9 Å². The highest BCUT2D eigenvalue weighted by Gasteiger charge is 2.31. The minimum atomic E-state index is -3.49. The van der Waals surface area contributed by atoms with E-state index in [4.69, 9.17) is 16.3 Å². The molecule has 1 aliphatic rings. The second kappa shape index (κ2) is 6.75. The third-order valence-electron chi connectivity index (χ3n) is 3.49. The molecule has 1 fully saturated rings. The lowest BCUT2D eigenvalue weighted by molar-refractivity contribution is 0.0946. The first kappa shape index (κ1) is 16.2. The van der Waals surface area contributed by atoms with Gasteiger partial charge in [-0.2, -0.15) is 4.31 Å². The maximum absolute atomic E-state index is 12.8. The molecule has 0 aromatic carbocycles. The van der Waals surface area contributed by atoms with Crippen molar-refractivity contribution >= 4 is 33.0 Å². The zero-order valence-corrected chi connectivity index (χ0v) is 14.2. The third-order valence-corrected chi connectivity index (χ3v) is 7.32. The lowest BCUT2D eigenvalue weighted by Gasteiger charge is -2.24. The van der Waals surface area contributed by atoms with Gasteiger partial charge in [0.2, 0.25) is 10.0 Å². The first-order valence-corrected chi connectivity index (χ1v) is 9.60. The van der Waals surface area contributed by atoms with Crippen LogP contribution in [-0.4, -0.2) is 38.5 Å². The fraction of sp³-hybridized carbons (Fsp3) is 0.692. The van der Waals surface area contributed by atoms with Gasteiger partial charge in [0.05, 0.1) is 12.0 Å². The van der Waals surface area contributed by atoms with Crippen LogP contribution in [-0.2, 0) is 20.6 Å². The molecule has 1 atom stereocenters. The van der Waals surface area contributed by atoms with Crippen molar-refractivity contribution in [3.8, 4) is 0 Å². The van der Waals surface area contributed by atoms with Gasteiger partial charge in [0.1, 0.15) is 4.90 Å². The first-order valence-electron chi connectivity index (χ1n) is 6.75. The number of hydrogen-bond donors (Lipinski definition) is 0. The predicted molar refractivity (Wildman–Crippen MR) is 82.0 cm³/mol. The maximum Gasteiger partial charge on any atom is 0.244 e. The molecular weight excluding hydrogens is 318 g/mol. The van der Waals surface area contributed by atoms with E-state index in [0.29, 0.717) is 18.0 Å². The van der Waals surface area contributed by atoms with Crippen molar-refractivity contribution in [2.75, 3.05) is 19.7 Å². The Morgan fingerprint density at radius 2 is 2.30 bits per heavy atom. The topological polar surface area (TPSA) is 46.6 Å². The quantitative estimate of drug-likeness (QED) is 0.750. The van der Waals surface area contributed by atoms with Crippen LogP contribution in [0.3, 0.4) is 0 Å². The summed E-state index contributed by atoms with van der Waals surface area (Å²) in [7, 11) is -3.49. The van der Waals surface area contributed by atoms with Gasteiger partial charge in [-0.25, -0.2) is 8.42 Å². The third kappa shape index (κ3) is 3.20. The van der Waals surface area contributed by atoms with E-state index in [1.165, 1.54) is 15.6 Å². The monoisotopic (exact) mass is 337 g/mol. The first-order chi connectivity index (χ1) is 9.50. The average Bonchev–Trinajstić information content (AvgIpc) is 3.04. The Kier molecular flexibility index (Phi) is 5.48. The Morgan fingerprint density at radius 1 is 1.55 bits per heavy atom. The number of alkyl halides is 1. The molecule has 1 aliphatic heterocycles. The summed E-state index contributed by atoms with van der Waals surface area (Å²) in [6, 6.07) is 0. The average molecular weight is 338 g/mol. The fourth-order valence-electron chi connectivity index (χ4n) is 2.47. The minimum absolute atomic E-state index is 0.0168. The summed E-state index contributed by atoms with van der Waals surface area (Å²) in [5.41, 5.74) is 0.774. The molecular formula is C13H20ClNO3S2. The van der Waals surface area contributed by atoms with Crippen LogP contribution in [0.15, 0.2) is 10.3 Å². The second-order valence-electron chi connectivity index (χ2n) is 4.90. The van der Waals surface area contributed by atoms with E-state index < -0.39 is 10.0 Å². The molecule has 1 unspecified atom stereocenters. The van der Waals surface area contributed by atoms with Crippen molar-refractivity contribution in [2.45, 2.75) is 43.6 Å². The van der Waals surface area contributed by atoms with Crippen LogP contribution in [0, 0.1) is 6.92 Å². The number of ether oxygens (including phenoxy) is 1. The number of thiophene rings is 1. The molecule has 1 aromatic heterocycles. The van der Waals surface area contributed by atoms with E-state index in [0.717, 1.165) is 29.9 Å². The zero-order chi connectivity index (χ0) is 14.8. The van der Waals surface area contributed by atoms with Gasteiger partial charge in [0, 0.05) is 24.6 Å². The van der Waals surface area contributed by atoms with E-state index in [2.05, 4.69) is 0 Å². The largest absolute Gasteiger partial charge is 0.377 e. The molecule has 0 N–H and O–H groups in total. The van der Waals surface area contributed by atoms with Crippen LogP contribution < -0.4 is 0 Å². The SMILES string of the molecule is CCN(CC1CCCO1)S(=O)(=O)c1c(C)csc1CCl. The summed E-state index contributed by atoms with van der Waals surface area (Å²) in [6.45, 7) is 5.27. The summed E-state index contributed by atoms with van der Waals surface area (Å²) < 4.78 is 32.7. The number of hydrogen-bond acceptors (Lipinski definition) is 4. The highest BCUT2D eigenvalue weighted by molar-refractivity contribution is 7.89. The van der Waals surface area contributed by atoms with Crippen molar-refractivity contribution in [1.82, 2.24) is 4.31 Å². The Labute approximate surface area is 129 Å². The second-order valence-corrected chi connectivity index (χ2v) is 8.00.